The molecule has 0 saturated carbocycles. The van der Waals surface area contributed by atoms with Crippen LogP contribution in [0.25, 0.3) is 0 Å². The lowest BCUT2D eigenvalue weighted by Gasteiger charge is -2.37. The normalized spacial score (nSPS) is 23.4. The molecular weight excluding hydrogens is 396 g/mol. The lowest BCUT2D eigenvalue weighted by Crippen LogP contribution is -2.58. The largest absolute Gasteiger partial charge is 0.462 e. The predicted octanol–water partition coefficient (Wildman–Crippen LogP) is 0.899. The minimum Gasteiger partial charge on any atom is -0.462 e. The van der Waals surface area contributed by atoms with Crippen LogP contribution in [0.2, 0.25) is 0 Å². The van der Waals surface area contributed by atoms with E-state index in [0.717, 1.165) is 24.3 Å². The van der Waals surface area contributed by atoms with Gasteiger partial charge < -0.3 is 25.5 Å². The van der Waals surface area contributed by atoms with E-state index in [4.69, 9.17) is 9.52 Å². The van der Waals surface area contributed by atoms with Gasteiger partial charge in [0.1, 0.15) is 18.1 Å². The van der Waals surface area contributed by atoms with Gasteiger partial charge in [0.15, 0.2) is 0 Å². The molecule has 8 nitrogen and oxygen atoms in total. The molecule has 3 heterocycles. The Labute approximate surface area is 182 Å². The predicted molar refractivity (Wildman–Crippen MR) is 115 cm³/mol. The molecule has 0 bridgehead atoms. The number of rotatable bonds is 9. The highest BCUT2D eigenvalue weighted by atomic mass is 16.4. The van der Waals surface area contributed by atoms with Gasteiger partial charge >= 0.3 is 0 Å². The zero-order valence-electron chi connectivity index (χ0n) is 17.5. The Bertz CT molecular complexity index is 885. The van der Waals surface area contributed by atoms with Crippen molar-refractivity contribution >= 4 is 11.8 Å². The van der Waals surface area contributed by atoms with Crippen LogP contribution < -0.4 is 16.0 Å². The van der Waals surface area contributed by atoms with E-state index >= 15 is 0 Å². The fourth-order valence-corrected chi connectivity index (χ4v) is 4.42. The molecular formula is C23H30N4O4. The number of nitrogens with zero attached hydrogens (tertiary/aromatic N) is 1. The Morgan fingerprint density at radius 3 is 2.74 bits per heavy atom. The molecule has 0 unspecified atom stereocenters. The van der Waals surface area contributed by atoms with Gasteiger partial charge in [-0.2, -0.15) is 0 Å². The third-order valence-electron chi connectivity index (χ3n) is 6.10. The van der Waals surface area contributed by atoms with Crippen LogP contribution in [0.15, 0.2) is 46.9 Å². The molecule has 1 aromatic carbocycles. The smallest absolute Gasteiger partial charge is 0.237 e. The average Bonchev–Trinajstić information content (AvgIpc) is 3.44. The van der Waals surface area contributed by atoms with Crippen LogP contribution in [0.4, 0.5) is 0 Å². The van der Waals surface area contributed by atoms with E-state index in [1.54, 1.807) is 6.07 Å². The summed E-state index contributed by atoms with van der Waals surface area (Å²) in [5.74, 6) is 1.41. The fraction of sp³-hybridized carbons (Fsp3) is 0.478. The summed E-state index contributed by atoms with van der Waals surface area (Å²) in [7, 11) is 0. The number of hydrogen-bond acceptors (Lipinski definition) is 6. The van der Waals surface area contributed by atoms with E-state index in [9.17, 15) is 9.59 Å². The van der Waals surface area contributed by atoms with Crippen molar-refractivity contribution in [3.05, 3.63) is 59.5 Å². The molecule has 1 aromatic heterocycles. The van der Waals surface area contributed by atoms with E-state index in [1.807, 2.05) is 36.4 Å². The van der Waals surface area contributed by atoms with E-state index in [1.165, 1.54) is 0 Å². The first-order valence-corrected chi connectivity index (χ1v) is 10.9. The molecule has 0 radical (unpaired) electrons. The molecule has 4 rings (SSSR count). The number of carbonyl (C=O) groups excluding carboxylic acids is 2. The SMILES string of the molecule is O=C(CC[C@@H]1CNC(=O)[C@@H]2C[C@H](NCc3ccc(CO)o3)CN12)NCc1ccccc1. The Morgan fingerprint density at radius 2 is 1.97 bits per heavy atom. The Balaban J connectivity index is 1.25. The molecule has 2 saturated heterocycles. The van der Waals surface area contributed by atoms with Gasteiger partial charge in [-0.3, -0.25) is 14.5 Å². The topological polar surface area (TPSA) is 107 Å². The molecule has 2 aromatic rings. The number of hydrogen-bond donors (Lipinski definition) is 4. The summed E-state index contributed by atoms with van der Waals surface area (Å²) in [5.41, 5.74) is 1.08. The lowest BCUT2D eigenvalue weighted by molar-refractivity contribution is -0.129. The highest BCUT2D eigenvalue weighted by molar-refractivity contribution is 5.83. The number of carbonyl (C=O) groups is 2. The quantitative estimate of drug-likeness (QED) is 0.475. The maximum Gasteiger partial charge on any atom is 0.237 e. The molecule has 31 heavy (non-hydrogen) atoms. The molecule has 8 heteroatoms. The van der Waals surface area contributed by atoms with Gasteiger partial charge in [0.05, 0.1) is 12.6 Å². The van der Waals surface area contributed by atoms with E-state index in [-0.39, 0.29) is 36.5 Å². The summed E-state index contributed by atoms with van der Waals surface area (Å²) in [6.45, 7) is 2.32. The van der Waals surface area contributed by atoms with Crippen molar-refractivity contribution in [1.82, 2.24) is 20.9 Å². The monoisotopic (exact) mass is 426 g/mol. The Morgan fingerprint density at radius 1 is 1.16 bits per heavy atom. The minimum atomic E-state index is -0.159. The first kappa shape index (κ1) is 21.5. The highest BCUT2D eigenvalue weighted by Gasteiger charge is 2.43. The summed E-state index contributed by atoms with van der Waals surface area (Å²) >= 11 is 0. The molecule has 0 spiro atoms. The second kappa shape index (κ2) is 10.1. The number of benzene rings is 1. The Hall–Kier alpha value is -2.68. The first-order chi connectivity index (χ1) is 15.1. The lowest BCUT2D eigenvalue weighted by atomic mass is 10.0. The number of aliphatic hydroxyl groups is 1. The van der Waals surface area contributed by atoms with Crippen LogP contribution in [0.3, 0.4) is 0 Å². The van der Waals surface area contributed by atoms with Gasteiger partial charge in [0.25, 0.3) is 0 Å². The van der Waals surface area contributed by atoms with Gasteiger partial charge in [0, 0.05) is 38.1 Å². The van der Waals surface area contributed by atoms with Crippen molar-refractivity contribution in [3.63, 3.8) is 0 Å². The molecule has 166 valence electrons. The van der Waals surface area contributed by atoms with Crippen molar-refractivity contribution in [1.29, 1.82) is 0 Å². The highest BCUT2D eigenvalue weighted by Crippen LogP contribution is 2.26. The maximum atomic E-state index is 12.4. The standard InChI is InChI=1S/C23H30N4O4/c28-15-20-8-7-19(31-20)13-24-17-10-21-23(30)26-12-18(27(21)14-17)6-9-22(29)25-11-16-4-2-1-3-5-16/h1-5,7-8,17-18,21,24,28H,6,9-15H2,(H,25,29)(H,26,30)/t17-,18+,21-/m0/s1. The van der Waals surface area contributed by atoms with Crippen molar-refractivity contribution in [3.8, 4) is 0 Å². The number of nitrogens with one attached hydrogen (secondary N) is 3. The van der Waals surface area contributed by atoms with Crippen LogP contribution >= 0.6 is 0 Å². The maximum absolute atomic E-state index is 12.4. The number of aliphatic hydroxyl groups excluding tert-OH is 1. The van der Waals surface area contributed by atoms with Gasteiger partial charge in [-0.15, -0.1) is 0 Å². The summed E-state index contributed by atoms with van der Waals surface area (Å²) in [4.78, 5) is 26.9. The van der Waals surface area contributed by atoms with Gasteiger partial charge in [0.2, 0.25) is 11.8 Å². The Kier molecular flexibility index (Phi) is 7.01. The van der Waals surface area contributed by atoms with Gasteiger partial charge in [-0.25, -0.2) is 0 Å². The van der Waals surface area contributed by atoms with E-state index in [2.05, 4.69) is 20.9 Å². The number of furan rings is 1. The van der Waals surface area contributed by atoms with Crippen molar-refractivity contribution in [2.45, 2.75) is 57.1 Å². The number of amides is 2. The van der Waals surface area contributed by atoms with Crippen molar-refractivity contribution in [2.75, 3.05) is 13.1 Å². The third-order valence-corrected chi connectivity index (χ3v) is 6.10. The van der Waals surface area contributed by atoms with Crippen LogP contribution in [0, 0.1) is 0 Å². The molecule has 4 N–H and O–H groups in total. The molecule has 2 amide bonds. The number of piperazine rings is 1. The van der Waals surface area contributed by atoms with Crippen LogP contribution in [0.5, 0.6) is 0 Å². The molecule has 2 aliphatic rings. The second-order valence-corrected chi connectivity index (χ2v) is 8.25. The van der Waals surface area contributed by atoms with Crippen LogP contribution in [-0.4, -0.2) is 53.0 Å². The van der Waals surface area contributed by atoms with Crippen molar-refractivity contribution in [2.24, 2.45) is 0 Å². The minimum absolute atomic E-state index is 0.0312. The summed E-state index contributed by atoms with van der Waals surface area (Å²) < 4.78 is 5.52. The van der Waals surface area contributed by atoms with Crippen molar-refractivity contribution < 1.29 is 19.1 Å². The molecule has 2 aliphatic heterocycles. The average molecular weight is 427 g/mol. The zero-order chi connectivity index (χ0) is 21.6. The zero-order valence-corrected chi connectivity index (χ0v) is 17.5. The molecule has 2 fully saturated rings. The first-order valence-electron chi connectivity index (χ1n) is 10.9. The van der Waals surface area contributed by atoms with Gasteiger partial charge in [-0.05, 0) is 30.5 Å². The fourth-order valence-electron chi connectivity index (χ4n) is 4.42. The summed E-state index contributed by atoms with van der Waals surface area (Å²) in [6.07, 6.45) is 1.88. The van der Waals surface area contributed by atoms with Crippen LogP contribution in [-0.2, 0) is 29.3 Å². The van der Waals surface area contributed by atoms with Crippen LogP contribution in [0.1, 0.15) is 36.3 Å². The molecule has 3 atom stereocenters. The number of fused-ring (bicyclic) bond motifs is 1. The molecule has 0 aliphatic carbocycles. The van der Waals surface area contributed by atoms with E-state index < -0.39 is 0 Å². The summed E-state index contributed by atoms with van der Waals surface area (Å²) in [6, 6.07) is 13.6. The van der Waals surface area contributed by atoms with Gasteiger partial charge in [-0.1, -0.05) is 30.3 Å². The van der Waals surface area contributed by atoms with E-state index in [0.29, 0.717) is 38.2 Å². The summed E-state index contributed by atoms with van der Waals surface area (Å²) in [5, 5.41) is 18.6. The second-order valence-electron chi connectivity index (χ2n) is 8.25. The third kappa shape index (κ3) is 5.52.